The van der Waals surface area contributed by atoms with Crippen molar-refractivity contribution in [2.24, 2.45) is 0 Å². The number of rotatable bonds is 4. The molecule has 2 heterocycles. The minimum absolute atomic E-state index is 0.00934. The molecule has 0 aliphatic carbocycles. The van der Waals surface area contributed by atoms with Gasteiger partial charge in [-0.2, -0.15) is 0 Å². The summed E-state index contributed by atoms with van der Waals surface area (Å²) in [5, 5.41) is 9.22. The Kier molecular flexibility index (Phi) is 4.23. The van der Waals surface area contributed by atoms with E-state index in [4.69, 9.17) is 4.74 Å². The Balaban J connectivity index is 1.95. The van der Waals surface area contributed by atoms with Gasteiger partial charge in [0.25, 0.3) is 0 Å². The fraction of sp³-hybridized carbons (Fsp3) is 0.917. The predicted molar refractivity (Wildman–Crippen MR) is 63.8 cm³/mol. The van der Waals surface area contributed by atoms with Crippen LogP contribution < -0.4 is 0 Å². The van der Waals surface area contributed by atoms with Crippen molar-refractivity contribution in [2.75, 3.05) is 32.8 Å². The van der Waals surface area contributed by atoms with Crippen LogP contribution in [0, 0.1) is 0 Å². The summed E-state index contributed by atoms with van der Waals surface area (Å²) in [4.78, 5) is 15.7. The molecule has 0 aromatic heterocycles. The topological polar surface area (TPSA) is 53.0 Å². The van der Waals surface area contributed by atoms with Crippen LogP contribution in [0.2, 0.25) is 0 Å². The number of aliphatic hydroxyl groups excluding tert-OH is 1. The lowest BCUT2D eigenvalue weighted by Gasteiger charge is -2.37. The highest BCUT2D eigenvalue weighted by molar-refractivity contribution is 5.70. The number of piperidine rings is 1. The van der Waals surface area contributed by atoms with Crippen LogP contribution in [0.4, 0.5) is 4.79 Å². The fourth-order valence-electron chi connectivity index (χ4n) is 2.77. The number of nitrogens with zero attached hydrogens (tertiary/aromatic N) is 2. The third-order valence-corrected chi connectivity index (χ3v) is 3.85. The van der Waals surface area contributed by atoms with Gasteiger partial charge in [0.15, 0.2) is 0 Å². The normalized spacial score (nSPS) is 30.7. The van der Waals surface area contributed by atoms with Crippen molar-refractivity contribution in [1.29, 1.82) is 0 Å². The summed E-state index contributed by atoms with van der Waals surface area (Å²) >= 11 is 0. The van der Waals surface area contributed by atoms with E-state index in [0.29, 0.717) is 19.2 Å². The standard InChI is InChI=1S/C12H22N2O3/c1-2-13-6-4-3-5-10(13)7-14-11(8-15)9-17-12(14)16/h10-11,15H,2-9H2,1H3. The summed E-state index contributed by atoms with van der Waals surface area (Å²) in [6.07, 6.45) is 3.34. The molecule has 1 amide bonds. The zero-order valence-corrected chi connectivity index (χ0v) is 10.5. The maximum Gasteiger partial charge on any atom is 0.410 e. The van der Waals surface area contributed by atoms with Crippen molar-refractivity contribution in [3.63, 3.8) is 0 Å². The van der Waals surface area contributed by atoms with Crippen LogP contribution >= 0.6 is 0 Å². The van der Waals surface area contributed by atoms with Gasteiger partial charge < -0.3 is 9.84 Å². The van der Waals surface area contributed by atoms with Crippen LogP contribution in [0.25, 0.3) is 0 Å². The van der Waals surface area contributed by atoms with Crippen LogP contribution in [0.3, 0.4) is 0 Å². The minimum Gasteiger partial charge on any atom is -0.447 e. The Labute approximate surface area is 102 Å². The van der Waals surface area contributed by atoms with Crippen LogP contribution in [-0.2, 0) is 4.74 Å². The Morgan fingerprint density at radius 3 is 2.94 bits per heavy atom. The highest BCUT2D eigenvalue weighted by Crippen LogP contribution is 2.21. The molecule has 0 spiro atoms. The second kappa shape index (κ2) is 5.69. The third kappa shape index (κ3) is 2.72. The Bertz CT molecular complexity index is 272. The zero-order valence-electron chi connectivity index (χ0n) is 10.5. The molecular weight excluding hydrogens is 220 g/mol. The van der Waals surface area contributed by atoms with Crippen molar-refractivity contribution < 1.29 is 14.6 Å². The number of likely N-dealkylation sites (tertiary alicyclic amines) is 1. The van der Waals surface area contributed by atoms with E-state index in [2.05, 4.69) is 11.8 Å². The molecule has 1 N–H and O–H groups in total. The molecule has 5 nitrogen and oxygen atoms in total. The lowest BCUT2D eigenvalue weighted by Crippen LogP contribution is -2.49. The molecule has 98 valence electrons. The molecule has 2 saturated heterocycles. The molecule has 2 atom stereocenters. The van der Waals surface area contributed by atoms with Crippen LogP contribution in [0.1, 0.15) is 26.2 Å². The number of likely N-dealkylation sites (N-methyl/N-ethyl adjacent to an activating group) is 1. The zero-order chi connectivity index (χ0) is 12.3. The first-order valence-corrected chi connectivity index (χ1v) is 6.54. The maximum absolute atomic E-state index is 11.6. The number of amides is 1. The molecule has 5 heteroatoms. The average Bonchev–Trinajstić information content (AvgIpc) is 2.71. The van der Waals surface area contributed by atoms with E-state index < -0.39 is 0 Å². The molecule has 0 radical (unpaired) electrons. The van der Waals surface area contributed by atoms with E-state index in [1.54, 1.807) is 4.90 Å². The average molecular weight is 242 g/mol. The number of aliphatic hydroxyl groups is 1. The predicted octanol–water partition coefficient (Wildman–Crippen LogP) is 0.674. The van der Waals surface area contributed by atoms with Crippen molar-refractivity contribution in [3.05, 3.63) is 0 Å². The summed E-state index contributed by atoms with van der Waals surface area (Å²) < 4.78 is 4.99. The molecule has 2 unspecified atom stereocenters. The molecule has 0 bridgehead atoms. The van der Waals surface area contributed by atoms with Gasteiger partial charge in [0.2, 0.25) is 0 Å². The first kappa shape index (κ1) is 12.6. The van der Waals surface area contributed by atoms with Gasteiger partial charge in [0.1, 0.15) is 6.61 Å². The number of carbonyl (C=O) groups excluding carboxylic acids is 1. The highest BCUT2D eigenvalue weighted by atomic mass is 16.6. The number of hydrogen-bond donors (Lipinski definition) is 1. The van der Waals surface area contributed by atoms with E-state index in [9.17, 15) is 9.90 Å². The van der Waals surface area contributed by atoms with Gasteiger partial charge >= 0.3 is 6.09 Å². The van der Waals surface area contributed by atoms with Gasteiger partial charge in [-0.15, -0.1) is 0 Å². The molecule has 2 aliphatic rings. The monoisotopic (exact) mass is 242 g/mol. The number of ether oxygens (including phenoxy) is 1. The quantitative estimate of drug-likeness (QED) is 0.787. The molecule has 2 aliphatic heterocycles. The molecular formula is C12H22N2O3. The SMILES string of the molecule is CCN1CCCCC1CN1C(=O)OCC1CO. The van der Waals surface area contributed by atoms with Gasteiger partial charge in [0, 0.05) is 12.6 Å². The number of cyclic esters (lactones) is 1. The number of hydrogen-bond acceptors (Lipinski definition) is 4. The highest BCUT2D eigenvalue weighted by Gasteiger charge is 2.35. The second-order valence-electron chi connectivity index (χ2n) is 4.84. The van der Waals surface area contributed by atoms with Gasteiger partial charge in [-0.05, 0) is 25.9 Å². The van der Waals surface area contributed by atoms with E-state index in [1.165, 1.54) is 12.8 Å². The first-order valence-electron chi connectivity index (χ1n) is 6.54. The van der Waals surface area contributed by atoms with Gasteiger partial charge in [-0.25, -0.2) is 4.79 Å². The van der Waals surface area contributed by atoms with Gasteiger partial charge in [0.05, 0.1) is 12.6 Å². The van der Waals surface area contributed by atoms with Gasteiger partial charge in [-0.1, -0.05) is 13.3 Å². The summed E-state index contributed by atoms with van der Waals surface area (Å²) in [6.45, 7) is 5.31. The van der Waals surface area contributed by atoms with E-state index >= 15 is 0 Å². The minimum atomic E-state index is -0.273. The van der Waals surface area contributed by atoms with Crippen molar-refractivity contribution in [1.82, 2.24) is 9.80 Å². The fourth-order valence-corrected chi connectivity index (χ4v) is 2.77. The smallest absolute Gasteiger partial charge is 0.410 e. The lowest BCUT2D eigenvalue weighted by atomic mass is 10.0. The van der Waals surface area contributed by atoms with E-state index in [-0.39, 0.29) is 18.7 Å². The third-order valence-electron chi connectivity index (χ3n) is 3.85. The second-order valence-corrected chi connectivity index (χ2v) is 4.84. The van der Waals surface area contributed by atoms with E-state index in [0.717, 1.165) is 19.5 Å². The summed E-state index contributed by atoms with van der Waals surface area (Å²) in [5.74, 6) is 0. The molecule has 0 saturated carbocycles. The summed E-state index contributed by atoms with van der Waals surface area (Å²) in [6, 6.07) is 0.275. The Hall–Kier alpha value is -0.810. The van der Waals surface area contributed by atoms with Crippen LogP contribution in [-0.4, -0.2) is 65.9 Å². The Morgan fingerprint density at radius 2 is 2.24 bits per heavy atom. The largest absolute Gasteiger partial charge is 0.447 e. The maximum atomic E-state index is 11.6. The van der Waals surface area contributed by atoms with E-state index in [1.807, 2.05) is 0 Å². The molecule has 17 heavy (non-hydrogen) atoms. The van der Waals surface area contributed by atoms with Crippen molar-refractivity contribution >= 4 is 6.09 Å². The van der Waals surface area contributed by atoms with Crippen molar-refractivity contribution in [2.45, 2.75) is 38.3 Å². The molecule has 2 fully saturated rings. The van der Waals surface area contributed by atoms with Crippen molar-refractivity contribution in [3.8, 4) is 0 Å². The van der Waals surface area contributed by atoms with Gasteiger partial charge in [-0.3, -0.25) is 9.80 Å². The van der Waals surface area contributed by atoms with Crippen LogP contribution in [0.15, 0.2) is 0 Å². The number of carbonyl (C=O) groups is 1. The molecule has 0 aromatic carbocycles. The Morgan fingerprint density at radius 1 is 1.41 bits per heavy atom. The summed E-state index contributed by atoms with van der Waals surface area (Å²) in [7, 11) is 0. The molecule has 0 aromatic rings. The lowest BCUT2D eigenvalue weighted by molar-refractivity contribution is 0.0973. The van der Waals surface area contributed by atoms with Crippen LogP contribution in [0.5, 0.6) is 0 Å². The summed E-state index contributed by atoms with van der Waals surface area (Å²) in [5.41, 5.74) is 0. The molecule has 2 rings (SSSR count). The first-order chi connectivity index (χ1) is 8.26.